The van der Waals surface area contributed by atoms with Gasteiger partial charge in [0.25, 0.3) is 5.91 Å². The largest absolute Gasteiger partial charge is 0.453 e. The number of Topliss-reactive ketones (excluding diaryl/α,β-unsaturated/α-hetero) is 1. The Bertz CT molecular complexity index is 761. The molecule has 0 aliphatic carbocycles. The molecule has 0 radical (unpaired) electrons. The van der Waals surface area contributed by atoms with E-state index in [4.69, 9.17) is 4.74 Å². The average Bonchev–Trinajstić information content (AvgIpc) is 2.60. The quantitative estimate of drug-likeness (QED) is 0.618. The molecule has 0 heterocycles. The summed E-state index contributed by atoms with van der Waals surface area (Å²) in [4.78, 5) is 35.6. The zero-order chi connectivity index (χ0) is 18.2. The summed E-state index contributed by atoms with van der Waals surface area (Å²) in [6, 6.07) is 14.0. The van der Waals surface area contributed by atoms with Crippen LogP contribution >= 0.6 is 0 Å². The van der Waals surface area contributed by atoms with Gasteiger partial charge in [-0.2, -0.15) is 0 Å². The van der Waals surface area contributed by atoms with Gasteiger partial charge in [0.1, 0.15) is 5.82 Å². The number of carbonyl (C=O) groups is 3. The molecule has 2 rings (SSSR count). The van der Waals surface area contributed by atoms with Crippen molar-refractivity contribution in [1.29, 1.82) is 0 Å². The second kappa shape index (κ2) is 8.73. The van der Waals surface area contributed by atoms with Crippen LogP contribution in [0.4, 0.5) is 10.1 Å². The van der Waals surface area contributed by atoms with Crippen molar-refractivity contribution in [2.45, 2.75) is 25.9 Å². The van der Waals surface area contributed by atoms with Crippen LogP contribution in [-0.4, -0.2) is 23.8 Å². The number of benzene rings is 2. The number of rotatable bonds is 7. The van der Waals surface area contributed by atoms with Gasteiger partial charge < -0.3 is 10.1 Å². The highest BCUT2D eigenvalue weighted by Gasteiger charge is 2.19. The van der Waals surface area contributed by atoms with Gasteiger partial charge in [0.15, 0.2) is 11.9 Å². The molecule has 0 aromatic heterocycles. The smallest absolute Gasteiger partial charge is 0.307 e. The van der Waals surface area contributed by atoms with Gasteiger partial charge in [-0.15, -0.1) is 0 Å². The van der Waals surface area contributed by atoms with E-state index in [0.717, 1.165) is 6.07 Å². The molecule has 0 bridgehead atoms. The van der Waals surface area contributed by atoms with E-state index in [2.05, 4.69) is 5.32 Å². The lowest BCUT2D eigenvalue weighted by Gasteiger charge is -2.13. The molecule has 1 atom stereocenters. The minimum atomic E-state index is -1.05. The molecule has 0 fully saturated rings. The van der Waals surface area contributed by atoms with Crippen LogP contribution in [0.3, 0.4) is 0 Å². The molecule has 6 heteroatoms. The van der Waals surface area contributed by atoms with E-state index in [9.17, 15) is 18.8 Å². The third-order valence-corrected chi connectivity index (χ3v) is 3.42. The number of ketones is 1. The fourth-order valence-corrected chi connectivity index (χ4v) is 2.10. The van der Waals surface area contributed by atoms with E-state index in [0.29, 0.717) is 5.56 Å². The van der Waals surface area contributed by atoms with Crippen LogP contribution in [0.15, 0.2) is 54.6 Å². The Morgan fingerprint density at radius 1 is 1.04 bits per heavy atom. The molecule has 25 heavy (non-hydrogen) atoms. The second-order valence-corrected chi connectivity index (χ2v) is 5.42. The lowest BCUT2D eigenvalue weighted by Crippen LogP contribution is -2.30. The van der Waals surface area contributed by atoms with Crippen LogP contribution in [0, 0.1) is 5.82 Å². The molecule has 2 aromatic rings. The fourth-order valence-electron chi connectivity index (χ4n) is 2.10. The molecule has 130 valence electrons. The summed E-state index contributed by atoms with van der Waals surface area (Å²) < 4.78 is 18.1. The van der Waals surface area contributed by atoms with Crippen molar-refractivity contribution in [3.05, 3.63) is 66.0 Å². The van der Waals surface area contributed by atoms with Crippen LogP contribution in [0.2, 0.25) is 0 Å². The number of halogens is 1. The topological polar surface area (TPSA) is 72.5 Å². The Hall–Kier alpha value is -3.02. The summed E-state index contributed by atoms with van der Waals surface area (Å²) in [7, 11) is 0. The molecule has 0 spiro atoms. The zero-order valence-electron chi connectivity index (χ0n) is 13.7. The first-order valence-corrected chi connectivity index (χ1v) is 7.80. The minimum Gasteiger partial charge on any atom is -0.453 e. The fraction of sp³-hybridized carbons (Fsp3) is 0.211. The SMILES string of the molecule is C[C@H](OC(=O)CCC(=O)c1ccccc1)C(=O)Nc1cccc(F)c1. The highest BCUT2D eigenvalue weighted by molar-refractivity contribution is 5.98. The maximum atomic E-state index is 13.1. The van der Waals surface area contributed by atoms with Gasteiger partial charge in [-0.05, 0) is 25.1 Å². The Labute approximate surface area is 144 Å². The predicted octanol–water partition coefficient (Wildman–Crippen LogP) is 3.36. The number of carbonyl (C=O) groups excluding carboxylic acids is 3. The van der Waals surface area contributed by atoms with Gasteiger partial charge in [0.2, 0.25) is 0 Å². The Kier molecular flexibility index (Phi) is 6.39. The van der Waals surface area contributed by atoms with Gasteiger partial charge in [-0.1, -0.05) is 36.4 Å². The first-order chi connectivity index (χ1) is 12.0. The zero-order valence-corrected chi connectivity index (χ0v) is 13.7. The van der Waals surface area contributed by atoms with Crippen molar-refractivity contribution >= 4 is 23.3 Å². The highest BCUT2D eigenvalue weighted by Crippen LogP contribution is 2.11. The molecule has 2 aromatic carbocycles. The molecule has 1 amide bonds. The molecule has 0 saturated carbocycles. The number of esters is 1. The molecule has 5 nitrogen and oxygen atoms in total. The average molecular weight is 343 g/mol. The van der Waals surface area contributed by atoms with Crippen molar-refractivity contribution in [2.24, 2.45) is 0 Å². The number of hydrogen-bond donors (Lipinski definition) is 1. The lowest BCUT2D eigenvalue weighted by molar-refractivity contribution is -0.153. The van der Waals surface area contributed by atoms with Gasteiger partial charge in [0.05, 0.1) is 6.42 Å². The predicted molar refractivity (Wildman–Crippen MR) is 90.6 cm³/mol. The van der Waals surface area contributed by atoms with Gasteiger partial charge in [-0.3, -0.25) is 14.4 Å². The molecule has 0 aliphatic rings. The van der Waals surface area contributed by atoms with E-state index in [1.54, 1.807) is 30.3 Å². The standard InChI is InChI=1S/C19H18FNO4/c1-13(19(24)21-16-9-5-8-15(20)12-16)25-18(23)11-10-17(22)14-6-3-2-4-7-14/h2-9,12-13H,10-11H2,1H3,(H,21,24)/t13-/m0/s1. The van der Waals surface area contributed by atoms with E-state index in [-0.39, 0.29) is 24.3 Å². The molecular formula is C19H18FNO4. The molecule has 0 saturated heterocycles. The Morgan fingerprint density at radius 2 is 1.76 bits per heavy atom. The van der Waals surface area contributed by atoms with Crippen LogP contribution in [0.25, 0.3) is 0 Å². The van der Waals surface area contributed by atoms with Crippen LogP contribution in [-0.2, 0) is 14.3 Å². The maximum Gasteiger partial charge on any atom is 0.307 e. The summed E-state index contributed by atoms with van der Waals surface area (Å²) in [6.45, 7) is 1.41. The van der Waals surface area contributed by atoms with Crippen molar-refractivity contribution < 1.29 is 23.5 Å². The van der Waals surface area contributed by atoms with Gasteiger partial charge in [-0.25, -0.2) is 4.39 Å². The first kappa shape index (κ1) is 18.3. The van der Waals surface area contributed by atoms with E-state index in [1.165, 1.54) is 25.1 Å². The Morgan fingerprint density at radius 3 is 2.44 bits per heavy atom. The Balaban J connectivity index is 1.79. The number of nitrogens with one attached hydrogen (secondary N) is 1. The lowest BCUT2D eigenvalue weighted by atomic mass is 10.1. The van der Waals surface area contributed by atoms with Crippen LogP contribution < -0.4 is 5.32 Å². The summed E-state index contributed by atoms with van der Waals surface area (Å²) in [5, 5.41) is 2.46. The normalized spacial score (nSPS) is 11.4. The maximum absolute atomic E-state index is 13.1. The monoisotopic (exact) mass is 343 g/mol. The first-order valence-electron chi connectivity index (χ1n) is 7.80. The number of hydrogen-bond acceptors (Lipinski definition) is 4. The number of anilines is 1. The van der Waals surface area contributed by atoms with Crippen molar-refractivity contribution in [3.8, 4) is 0 Å². The molecule has 1 N–H and O–H groups in total. The minimum absolute atomic E-state index is 0.00107. The van der Waals surface area contributed by atoms with Crippen LogP contribution in [0.1, 0.15) is 30.1 Å². The molecular weight excluding hydrogens is 325 g/mol. The van der Waals surface area contributed by atoms with Gasteiger partial charge >= 0.3 is 5.97 Å². The van der Waals surface area contributed by atoms with Crippen molar-refractivity contribution in [2.75, 3.05) is 5.32 Å². The second-order valence-electron chi connectivity index (χ2n) is 5.42. The van der Waals surface area contributed by atoms with Gasteiger partial charge in [0, 0.05) is 17.7 Å². The number of amides is 1. The number of ether oxygens (including phenoxy) is 1. The third kappa shape index (κ3) is 5.84. The highest BCUT2D eigenvalue weighted by atomic mass is 19.1. The summed E-state index contributed by atoms with van der Waals surface area (Å²) in [5.74, 6) is -1.88. The van der Waals surface area contributed by atoms with Crippen molar-refractivity contribution in [3.63, 3.8) is 0 Å². The van der Waals surface area contributed by atoms with E-state index < -0.39 is 23.8 Å². The van der Waals surface area contributed by atoms with E-state index in [1.807, 2.05) is 0 Å². The molecule has 0 aliphatic heterocycles. The molecule has 0 unspecified atom stereocenters. The summed E-state index contributed by atoms with van der Waals surface area (Å²) in [6.07, 6.45) is -1.17. The van der Waals surface area contributed by atoms with Crippen LogP contribution in [0.5, 0.6) is 0 Å². The van der Waals surface area contributed by atoms with E-state index >= 15 is 0 Å². The third-order valence-electron chi connectivity index (χ3n) is 3.42. The van der Waals surface area contributed by atoms with Crippen molar-refractivity contribution in [1.82, 2.24) is 0 Å². The summed E-state index contributed by atoms with van der Waals surface area (Å²) in [5.41, 5.74) is 0.791. The summed E-state index contributed by atoms with van der Waals surface area (Å²) >= 11 is 0.